The van der Waals surface area contributed by atoms with Gasteiger partial charge < -0.3 is 10.5 Å². The predicted octanol–water partition coefficient (Wildman–Crippen LogP) is 4.47. The second-order valence-corrected chi connectivity index (χ2v) is 5.23. The van der Waals surface area contributed by atoms with Gasteiger partial charge in [0.05, 0.1) is 6.57 Å². The number of benzene rings is 2. The molecular formula is C18H18F2N2O. The lowest BCUT2D eigenvalue weighted by atomic mass is 9.94. The highest BCUT2D eigenvalue weighted by atomic mass is 19.1. The van der Waals surface area contributed by atoms with Crippen LogP contribution in [-0.4, -0.2) is 12.6 Å². The topological polar surface area (TPSA) is 39.6 Å². The molecule has 0 aromatic heterocycles. The zero-order valence-corrected chi connectivity index (χ0v) is 11.8. The zero-order valence-electron chi connectivity index (χ0n) is 11.8. The van der Waals surface area contributed by atoms with Crippen molar-refractivity contribution < 1.29 is 13.5 Å². The number of fused-ring (bicyclic) bond motifs is 1. The Hall–Kier alpha value is -2.45. The Labute approximate surface area is 134 Å². The summed E-state index contributed by atoms with van der Waals surface area (Å²) in [7, 11) is 0. The minimum atomic E-state index is -0.499. The zero-order chi connectivity index (χ0) is 15.7. The maximum Gasteiger partial charge on any atom is 0.197 e. The Bertz CT molecular complexity index is 768. The molecule has 1 aliphatic rings. The fourth-order valence-corrected chi connectivity index (χ4v) is 2.71. The number of nitrogens with zero attached hydrogens (tertiary/aromatic N) is 1. The number of halogens is 2. The van der Waals surface area contributed by atoms with Crippen molar-refractivity contribution in [2.75, 3.05) is 6.54 Å². The molecule has 1 atom stereocenters. The van der Waals surface area contributed by atoms with Crippen LogP contribution in [0.1, 0.15) is 19.4 Å². The van der Waals surface area contributed by atoms with E-state index in [4.69, 9.17) is 17.0 Å². The Morgan fingerprint density at radius 3 is 2.65 bits per heavy atom. The highest BCUT2D eigenvalue weighted by Gasteiger charge is 2.24. The van der Waals surface area contributed by atoms with Crippen LogP contribution in [0, 0.1) is 18.2 Å². The van der Waals surface area contributed by atoms with Crippen LogP contribution in [0.5, 0.6) is 5.75 Å². The number of hydrogen-bond donors (Lipinski definition) is 1. The normalized spacial score (nSPS) is 15.8. The van der Waals surface area contributed by atoms with E-state index in [0.717, 1.165) is 18.1 Å². The van der Waals surface area contributed by atoms with E-state index in [0.29, 0.717) is 29.8 Å². The molecule has 5 heteroatoms. The van der Waals surface area contributed by atoms with Gasteiger partial charge in [0, 0.05) is 12.1 Å². The summed E-state index contributed by atoms with van der Waals surface area (Å²) >= 11 is 0. The third kappa shape index (κ3) is 3.17. The third-order valence-electron chi connectivity index (χ3n) is 3.78. The molecule has 2 aromatic rings. The maximum absolute atomic E-state index is 13.9. The van der Waals surface area contributed by atoms with Gasteiger partial charge in [0.15, 0.2) is 5.69 Å². The van der Waals surface area contributed by atoms with Gasteiger partial charge in [0.1, 0.15) is 23.5 Å². The molecule has 120 valence electrons. The van der Waals surface area contributed by atoms with Crippen molar-refractivity contribution in [2.45, 2.75) is 26.4 Å². The predicted molar refractivity (Wildman–Crippen MR) is 86.6 cm³/mol. The Morgan fingerprint density at radius 1 is 1.17 bits per heavy atom. The van der Waals surface area contributed by atoms with Gasteiger partial charge in [-0.25, -0.2) is 13.6 Å². The lowest BCUT2D eigenvalue weighted by molar-refractivity contribution is 0.182. The first kappa shape index (κ1) is 16.9. The van der Waals surface area contributed by atoms with Crippen LogP contribution in [0.25, 0.3) is 16.0 Å². The summed E-state index contributed by atoms with van der Waals surface area (Å²) < 4.78 is 33.1. The monoisotopic (exact) mass is 316 g/mol. The van der Waals surface area contributed by atoms with Crippen molar-refractivity contribution in [3.8, 4) is 16.9 Å². The van der Waals surface area contributed by atoms with Crippen molar-refractivity contribution in [1.82, 2.24) is 0 Å². The van der Waals surface area contributed by atoms with Gasteiger partial charge >= 0.3 is 0 Å². The number of rotatable bonds is 2. The average Bonchev–Trinajstić information content (AvgIpc) is 2.53. The third-order valence-corrected chi connectivity index (χ3v) is 3.78. The SMILES string of the molecule is C.[C-]#[N+]c1cc(F)ccc1-c1cc(F)cc2c1O[C@@H](CN)CC2. The number of hydrogen-bond acceptors (Lipinski definition) is 2. The summed E-state index contributed by atoms with van der Waals surface area (Å²) in [6.45, 7) is 7.57. The fraction of sp³-hybridized carbons (Fsp3) is 0.278. The summed E-state index contributed by atoms with van der Waals surface area (Å²) in [5.41, 5.74) is 7.47. The minimum Gasteiger partial charge on any atom is -0.488 e. The molecule has 2 N–H and O–H groups in total. The van der Waals surface area contributed by atoms with Gasteiger partial charge in [0.2, 0.25) is 0 Å². The summed E-state index contributed by atoms with van der Waals surface area (Å²) in [5.74, 6) is -0.357. The molecule has 3 rings (SSSR count). The highest BCUT2D eigenvalue weighted by molar-refractivity contribution is 5.83. The fourth-order valence-electron chi connectivity index (χ4n) is 2.71. The van der Waals surface area contributed by atoms with E-state index in [1.54, 1.807) is 0 Å². The molecule has 0 saturated heterocycles. The molecule has 0 unspecified atom stereocenters. The lowest BCUT2D eigenvalue weighted by Gasteiger charge is -2.27. The van der Waals surface area contributed by atoms with Crippen LogP contribution in [0.3, 0.4) is 0 Å². The largest absolute Gasteiger partial charge is 0.488 e. The number of aryl methyl sites for hydroxylation is 1. The average molecular weight is 316 g/mol. The highest BCUT2D eigenvalue weighted by Crippen LogP contribution is 2.42. The first-order valence-electron chi connectivity index (χ1n) is 6.99. The maximum atomic E-state index is 13.9. The van der Waals surface area contributed by atoms with Crippen molar-refractivity contribution in [3.05, 3.63) is 58.9 Å². The summed E-state index contributed by atoms with van der Waals surface area (Å²) in [5, 5.41) is 0. The van der Waals surface area contributed by atoms with Crippen LogP contribution in [0.15, 0.2) is 30.3 Å². The van der Waals surface area contributed by atoms with E-state index in [1.165, 1.54) is 24.3 Å². The summed E-state index contributed by atoms with van der Waals surface area (Å²) in [6.07, 6.45) is 1.26. The van der Waals surface area contributed by atoms with E-state index in [2.05, 4.69) is 4.85 Å². The van der Waals surface area contributed by atoms with Crippen LogP contribution in [-0.2, 0) is 6.42 Å². The Balaban J connectivity index is 0.00000192. The van der Waals surface area contributed by atoms with Gasteiger partial charge in [-0.15, -0.1) is 0 Å². The van der Waals surface area contributed by atoms with E-state index in [-0.39, 0.29) is 19.2 Å². The van der Waals surface area contributed by atoms with Gasteiger partial charge in [-0.2, -0.15) is 0 Å². The smallest absolute Gasteiger partial charge is 0.197 e. The molecule has 3 nitrogen and oxygen atoms in total. The molecule has 0 radical (unpaired) electrons. The second-order valence-electron chi connectivity index (χ2n) is 5.23. The minimum absolute atomic E-state index is 0. The number of nitrogens with two attached hydrogens (primary N) is 1. The molecular weight excluding hydrogens is 298 g/mol. The van der Waals surface area contributed by atoms with Crippen LogP contribution >= 0.6 is 0 Å². The Morgan fingerprint density at radius 2 is 1.96 bits per heavy atom. The molecule has 0 aliphatic carbocycles. The Kier molecular flexibility index (Phi) is 4.97. The number of ether oxygens (including phenoxy) is 1. The van der Waals surface area contributed by atoms with Gasteiger partial charge in [0.25, 0.3) is 0 Å². The van der Waals surface area contributed by atoms with Gasteiger partial charge in [-0.05, 0) is 48.2 Å². The molecule has 0 bridgehead atoms. The first-order chi connectivity index (χ1) is 10.6. The molecule has 0 saturated carbocycles. The van der Waals surface area contributed by atoms with Crippen molar-refractivity contribution >= 4 is 5.69 Å². The molecule has 1 aliphatic heterocycles. The second kappa shape index (κ2) is 6.76. The summed E-state index contributed by atoms with van der Waals surface area (Å²) in [4.78, 5) is 3.33. The van der Waals surface area contributed by atoms with Gasteiger partial charge in [-0.3, -0.25) is 0 Å². The lowest BCUT2D eigenvalue weighted by Crippen LogP contribution is -2.30. The molecule has 2 aromatic carbocycles. The standard InChI is InChI=1S/C17H14F2N2O.CH4/c1-21-16-8-11(18)3-5-14(16)15-7-12(19)6-10-2-4-13(9-20)22-17(10)15;/h3,5-8,13H,2,4,9,20H2;1H4/t13-;/m1./s1. The van der Waals surface area contributed by atoms with E-state index < -0.39 is 11.6 Å². The van der Waals surface area contributed by atoms with Gasteiger partial charge in [-0.1, -0.05) is 13.5 Å². The van der Waals surface area contributed by atoms with Crippen LogP contribution < -0.4 is 10.5 Å². The molecule has 1 heterocycles. The molecule has 0 amide bonds. The van der Waals surface area contributed by atoms with Crippen molar-refractivity contribution in [2.24, 2.45) is 5.73 Å². The van der Waals surface area contributed by atoms with E-state index >= 15 is 0 Å². The quantitative estimate of drug-likeness (QED) is 0.830. The first-order valence-corrected chi connectivity index (χ1v) is 6.99. The van der Waals surface area contributed by atoms with E-state index in [9.17, 15) is 8.78 Å². The van der Waals surface area contributed by atoms with Crippen molar-refractivity contribution in [3.63, 3.8) is 0 Å². The van der Waals surface area contributed by atoms with E-state index in [1.807, 2.05) is 0 Å². The molecule has 23 heavy (non-hydrogen) atoms. The molecule has 0 fully saturated rings. The van der Waals surface area contributed by atoms with Crippen LogP contribution in [0.2, 0.25) is 0 Å². The molecule has 0 spiro atoms. The van der Waals surface area contributed by atoms with Crippen LogP contribution in [0.4, 0.5) is 14.5 Å². The van der Waals surface area contributed by atoms with Crippen molar-refractivity contribution in [1.29, 1.82) is 0 Å². The summed E-state index contributed by atoms with van der Waals surface area (Å²) in [6, 6.07) is 6.63.